The second-order valence-corrected chi connectivity index (χ2v) is 4.03. The zero-order valence-electron chi connectivity index (χ0n) is 9.91. The van der Waals surface area contributed by atoms with Crippen LogP contribution in [0, 0.1) is 6.92 Å². The highest BCUT2D eigenvalue weighted by atomic mass is 15.2. The SMILES string of the molecule is Cc1cc2ncc(CNc3cncnc3)cn2n1. The van der Waals surface area contributed by atoms with Crippen LogP contribution in [0.4, 0.5) is 5.69 Å². The molecule has 90 valence electrons. The molecule has 1 N–H and O–H groups in total. The fraction of sp³-hybridized carbons (Fsp3) is 0.167. The Balaban J connectivity index is 1.78. The van der Waals surface area contributed by atoms with E-state index in [4.69, 9.17) is 0 Å². The van der Waals surface area contributed by atoms with Gasteiger partial charge in [-0.2, -0.15) is 5.10 Å². The van der Waals surface area contributed by atoms with E-state index in [1.807, 2.05) is 25.4 Å². The van der Waals surface area contributed by atoms with Crippen molar-refractivity contribution < 1.29 is 0 Å². The molecule has 3 aromatic heterocycles. The first kappa shape index (κ1) is 10.6. The molecule has 0 unspecified atom stereocenters. The van der Waals surface area contributed by atoms with Crippen LogP contribution in [-0.2, 0) is 6.54 Å². The lowest BCUT2D eigenvalue weighted by atomic mass is 10.3. The van der Waals surface area contributed by atoms with E-state index in [1.165, 1.54) is 6.33 Å². The minimum atomic E-state index is 0.662. The van der Waals surface area contributed by atoms with Gasteiger partial charge in [0.1, 0.15) is 6.33 Å². The summed E-state index contributed by atoms with van der Waals surface area (Å²) in [4.78, 5) is 12.2. The van der Waals surface area contributed by atoms with Gasteiger partial charge in [-0.3, -0.25) is 0 Å². The Labute approximate surface area is 104 Å². The third kappa shape index (κ3) is 2.13. The number of aryl methyl sites for hydroxylation is 1. The molecule has 3 rings (SSSR count). The summed E-state index contributed by atoms with van der Waals surface area (Å²) in [5.74, 6) is 0. The second kappa shape index (κ2) is 4.40. The van der Waals surface area contributed by atoms with Crippen molar-refractivity contribution in [3.63, 3.8) is 0 Å². The summed E-state index contributed by atoms with van der Waals surface area (Å²) in [7, 11) is 0. The Morgan fingerprint density at radius 1 is 1.22 bits per heavy atom. The number of aromatic nitrogens is 5. The van der Waals surface area contributed by atoms with Crippen molar-refractivity contribution in [2.24, 2.45) is 0 Å². The Morgan fingerprint density at radius 3 is 2.89 bits per heavy atom. The molecule has 0 radical (unpaired) electrons. The third-order valence-electron chi connectivity index (χ3n) is 2.55. The van der Waals surface area contributed by atoms with E-state index in [1.54, 1.807) is 16.9 Å². The predicted molar refractivity (Wildman–Crippen MR) is 67.1 cm³/mol. The minimum absolute atomic E-state index is 0.662. The maximum absolute atomic E-state index is 4.34. The molecule has 6 heteroatoms. The highest BCUT2D eigenvalue weighted by Gasteiger charge is 2.00. The Morgan fingerprint density at radius 2 is 2.06 bits per heavy atom. The van der Waals surface area contributed by atoms with Gasteiger partial charge in [-0.1, -0.05) is 0 Å². The quantitative estimate of drug-likeness (QED) is 0.750. The molecule has 3 aromatic rings. The summed E-state index contributed by atoms with van der Waals surface area (Å²) in [6.45, 7) is 2.61. The Bertz CT molecular complexity index is 661. The normalized spacial score (nSPS) is 10.7. The molecule has 0 saturated carbocycles. The minimum Gasteiger partial charge on any atom is -0.378 e. The molecule has 0 aliphatic heterocycles. The van der Waals surface area contributed by atoms with E-state index >= 15 is 0 Å². The maximum atomic E-state index is 4.34. The lowest BCUT2D eigenvalue weighted by molar-refractivity contribution is 0.895. The van der Waals surface area contributed by atoms with Gasteiger partial charge in [0.25, 0.3) is 0 Å². The van der Waals surface area contributed by atoms with Crippen LogP contribution in [0.2, 0.25) is 0 Å². The molecule has 0 bridgehead atoms. The van der Waals surface area contributed by atoms with Crippen LogP contribution in [0.15, 0.2) is 37.2 Å². The van der Waals surface area contributed by atoms with Gasteiger partial charge in [-0.05, 0) is 6.92 Å². The first-order valence-corrected chi connectivity index (χ1v) is 5.61. The Hall–Kier alpha value is -2.50. The van der Waals surface area contributed by atoms with E-state index in [-0.39, 0.29) is 0 Å². The Kier molecular flexibility index (Phi) is 2.60. The van der Waals surface area contributed by atoms with Gasteiger partial charge >= 0.3 is 0 Å². The molecule has 18 heavy (non-hydrogen) atoms. The van der Waals surface area contributed by atoms with Gasteiger partial charge in [0.05, 0.1) is 23.8 Å². The molecule has 0 fully saturated rings. The van der Waals surface area contributed by atoms with Crippen LogP contribution >= 0.6 is 0 Å². The average molecular weight is 240 g/mol. The molecule has 0 aliphatic rings. The van der Waals surface area contributed by atoms with Crippen LogP contribution in [0.5, 0.6) is 0 Å². The lowest BCUT2D eigenvalue weighted by Crippen LogP contribution is -2.02. The lowest BCUT2D eigenvalue weighted by Gasteiger charge is -2.05. The zero-order chi connectivity index (χ0) is 12.4. The van der Waals surface area contributed by atoms with Crippen LogP contribution < -0.4 is 5.32 Å². The molecule has 3 heterocycles. The van der Waals surface area contributed by atoms with Crippen molar-refractivity contribution in [3.8, 4) is 0 Å². The molecule has 0 aromatic carbocycles. The van der Waals surface area contributed by atoms with E-state index in [0.717, 1.165) is 22.6 Å². The molecule has 0 aliphatic carbocycles. The predicted octanol–water partition coefficient (Wildman–Crippen LogP) is 1.44. The van der Waals surface area contributed by atoms with Gasteiger partial charge in [0.15, 0.2) is 5.65 Å². The molecule has 0 spiro atoms. The number of hydrogen-bond donors (Lipinski definition) is 1. The van der Waals surface area contributed by atoms with Crippen LogP contribution in [-0.4, -0.2) is 24.6 Å². The average Bonchev–Trinajstić information content (AvgIpc) is 2.77. The van der Waals surface area contributed by atoms with Gasteiger partial charge in [-0.15, -0.1) is 0 Å². The first-order valence-electron chi connectivity index (χ1n) is 5.61. The molecule has 6 nitrogen and oxygen atoms in total. The maximum Gasteiger partial charge on any atom is 0.155 e. The summed E-state index contributed by atoms with van der Waals surface area (Å²) in [5.41, 5.74) is 3.76. The van der Waals surface area contributed by atoms with E-state index < -0.39 is 0 Å². The van der Waals surface area contributed by atoms with Gasteiger partial charge < -0.3 is 5.32 Å². The van der Waals surface area contributed by atoms with E-state index in [2.05, 4.69) is 25.4 Å². The smallest absolute Gasteiger partial charge is 0.155 e. The first-order chi connectivity index (χ1) is 8.81. The van der Waals surface area contributed by atoms with Crippen molar-refractivity contribution in [2.75, 3.05) is 5.32 Å². The molecular formula is C12H12N6. The highest BCUT2D eigenvalue weighted by molar-refractivity contribution is 5.41. The number of nitrogens with zero attached hydrogens (tertiary/aromatic N) is 5. The standard InChI is InChI=1S/C12H12N6/c1-9-2-12-16-4-10(7-18(12)17-9)3-15-11-5-13-8-14-6-11/h2,4-8,15H,3H2,1H3. The summed E-state index contributed by atoms with van der Waals surface area (Å²) in [6.07, 6.45) is 8.78. The topological polar surface area (TPSA) is 68.0 Å². The summed E-state index contributed by atoms with van der Waals surface area (Å²) in [6, 6.07) is 1.95. The van der Waals surface area contributed by atoms with Crippen LogP contribution in [0.3, 0.4) is 0 Å². The summed E-state index contributed by atoms with van der Waals surface area (Å²) >= 11 is 0. The van der Waals surface area contributed by atoms with Crippen LogP contribution in [0.25, 0.3) is 5.65 Å². The summed E-state index contributed by atoms with van der Waals surface area (Å²) < 4.78 is 1.79. The number of rotatable bonds is 3. The van der Waals surface area contributed by atoms with E-state index in [0.29, 0.717) is 6.54 Å². The molecular weight excluding hydrogens is 228 g/mol. The summed E-state index contributed by atoms with van der Waals surface area (Å²) in [5, 5.41) is 7.56. The van der Waals surface area contributed by atoms with Gasteiger partial charge in [0.2, 0.25) is 0 Å². The molecule has 0 atom stereocenters. The fourth-order valence-corrected chi connectivity index (χ4v) is 1.72. The van der Waals surface area contributed by atoms with E-state index in [9.17, 15) is 0 Å². The van der Waals surface area contributed by atoms with Crippen molar-refractivity contribution >= 4 is 11.3 Å². The molecule has 0 amide bonds. The van der Waals surface area contributed by atoms with Crippen molar-refractivity contribution in [1.82, 2.24) is 24.6 Å². The second-order valence-electron chi connectivity index (χ2n) is 4.03. The monoisotopic (exact) mass is 240 g/mol. The largest absolute Gasteiger partial charge is 0.378 e. The van der Waals surface area contributed by atoms with Crippen molar-refractivity contribution in [1.29, 1.82) is 0 Å². The fourth-order valence-electron chi connectivity index (χ4n) is 1.72. The number of nitrogens with one attached hydrogen (secondary N) is 1. The molecule has 0 saturated heterocycles. The number of anilines is 1. The number of hydrogen-bond acceptors (Lipinski definition) is 5. The van der Waals surface area contributed by atoms with Crippen LogP contribution in [0.1, 0.15) is 11.3 Å². The van der Waals surface area contributed by atoms with Gasteiger partial charge in [0, 0.05) is 30.6 Å². The van der Waals surface area contributed by atoms with Crippen molar-refractivity contribution in [3.05, 3.63) is 48.4 Å². The van der Waals surface area contributed by atoms with Crippen molar-refractivity contribution in [2.45, 2.75) is 13.5 Å². The number of fused-ring (bicyclic) bond motifs is 1. The van der Waals surface area contributed by atoms with Gasteiger partial charge in [-0.25, -0.2) is 19.5 Å². The zero-order valence-corrected chi connectivity index (χ0v) is 9.91. The highest BCUT2D eigenvalue weighted by Crippen LogP contribution is 2.07. The third-order valence-corrected chi connectivity index (χ3v) is 2.55.